The van der Waals surface area contributed by atoms with Gasteiger partial charge in [0, 0.05) is 16.6 Å². The van der Waals surface area contributed by atoms with Gasteiger partial charge < -0.3 is 9.64 Å². The smallest absolute Gasteiger partial charge is 0.266 e. The number of benzene rings is 3. The fraction of sp³-hybridized carbons (Fsp3) is 0.148. The quantitative estimate of drug-likeness (QED) is 0.331. The van der Waals surface area contributed by atoms with Crippen molar-refractivity contribution in [1.29, 1.82) is 0 Å². The summed E-state index contributed by atoms with van der Waals surface area (Å²) in [5.74, 6) is 0.977. The van der Waals surface area contributed by atoms with Crippen LogP contribution in [0.2, 0.25) is 0 Å². The van der Waals surface area contributed by atoms with Crippen molar-refractivity contribution in [3.05, 3.63) is 92.9 Å². The summed E-state index contributed by atoms with van der Waals surface area (Å²) in [6, 6.07) is 20.3. The minimum atomic E-state index is -0.201. The topological polar surface area (TPSA) is 64.4 Å². The van der Waals surface area contributed by atoms with Crippen LogP contribution in [0.25, 0.3) is 28.2 Å². The largest absolute Gasteiger partial charge is 0.497 e. The maximum atomic E-state index is 13.6. The molecule has 1 aliphatic heterocycles. The Morgan fingerprint density at radius 1 is 1.03 bits per heavy atom. The molecule has 0 unspecified atom stereocenters. The Morgan fingerprint density at radius 2 is 1.79 bits per heavy atom. The lowest BCUT2D eigenvalue weighted by Gasteiger charge is -2.15. The number of hydrogen-bond acceptors (Lipinski definition) is 4. The molecule has 0 aliphatic carbocycles. The summed E-state index contributed by atoms with van der Waals surface area (Å²) < 4.78 is 7.69. The first-order chi connectivity index (χ1) is 16.5. The molecule has 0 fully saturated rings. The van der Waals surface area contributed by atoms with Gasteiger partial charge in [-0.1, -0.05) is 35.0 Å². The van der Waals surface area contributed by atoms with E-state index in [4.69, 9.17) is 9.72 Å². The lowest BCUT2D eigenvalue weighted by molar-refractivity contribution is -0.113. The number of nitrogens with zero attached hydrogens (tertiary/aromatic N) is 3. The molecule has 6 nitrogen and oxygen atoms in total. The van der Waals surface area contributed by atoms with Crippen molar-refractivity contribution < 1.29 is 9.53 Å². The number of halogens is 1. The molecule has 0 radical (unpaired) electrons. The second-order valence-corrected chi connectivity index (χ2v) is 8.92. The molecular formula is C27H22BrN3O3. The Kier molecular flexibility index (Phi) is 5.79. The summed E-state index contributed by atoms with van der Waals surface area (Å²) in [7, 11) is 1.60. The van der Waals surface area contributed by atoms with Crippen molar-refractivity contribution in [3.8, 4) is 11.4 Å². The van der Waals surface area contributed by atoms with Crippen molar-refractivity contribution in [2.45, 2.75) is 13.3 Å². The highest BCUT2D eigenvalue weighted by molar-refractivity contribution is 9.10. The summed E-state index contributed by atoms with van der Waals surface area (Å²) in [5, 5.41) is 0.508. The van der Waals surface area contributed by atoms with Gasteiger partial charge in [0.25, 0.3) is 11.5 Å². The number of para-hydroxylation sites is 1. The van der Waals surface area contributed by atoms with Crippen molar-refractivity contribution in [3.63, 3.8) is 0 Å². The molecule has 0 saturated carbocycles. The predicted octanol–water partition coefficient (Wildman–Crippen LogP) is 5.45. The first kappa shape index (κ1) is 22.1. The summed E-state index contributed by atoms with van der Waals surface area (Å²) in [5.41, 5.74) is 3.20. The number of aromatic nitrogens is 2. The number of anilines is 1. The molecule has 2 heterocycles. The van der Waals surface area contributed by atoms with E-state index >= 15 is 0 Å². The zero-order valence-corrected chi connectivity index (χ0v) is 20.4. The van der Waals surface area contributed by atoms with Crippen LogP contribution in [0, 0.1) is 0 Å². The number of ether oxygens (including phenoxy) is 1. The number of hydrogen-bond donors (Lipinski definition) is 0. The zero-order chi connectivity index (χ0) is 23.8. The molecule has 1 amide bonds. The van der Waals surface area contributed by atoms with Gasteiger partial charge in [-0.2, -0.15) is 0 Å². The highest BCUT2D eigenvalue weighted by Crippen LogP contribution is 2.39. The molecule has 1 aromatic heterocycles. The average molecular weight is 516 g/mol. The monoisotopic (exact) mass is 515 g/mol. The normalized spacial score (nSPS) is 14.1. The van der Waals surface area contributed by atoms with E-state index in [2.05, 4.69) is 15.9 Å². The van der Waals surface area contributed by atoms with Crippen molar-refractivity contribution in [2.75, 3.05) is 18.6 Å². The van der Waals surface area contributed by atoms with E-state index < -0.39 is 0 Å². The Morgan fingerprint density at radius 3 is 2.53 bits per heavy atom. The fourth-order valence-corrected chi connectivity index (χ4v) is 4.63. The van der Waals surface area contributed by atoms with Crippen LogP contribution in [0.3, 0.4) is 0 Å². The maximum Gasteiger partial charge on any atom is 0.266 e. The van der Waals surface area contributed by atoms with E-state index in [1.54, 1.807) is 40.9 Å². The first-order valence-corrected chi connectivity index (χ1v) is 11.8. The van der Waals surface area contributed by atoms with Crippen molar-refractivity contribution >= 4 is 50.1 Å². The highest BCUT2D eigenvalue weighted by atomic mass is 79.9. The molecule has 170 valence electrons. The lowest BCUT2D eigenvalue weighted by Crippen LogP contribution is -2.27. The molecule has 3 aromatic carbocycles. The van der Waals surface area contributed by atoms with E-state index in [1.165, 1.54) is 0 Å². The van der Waals surface area contributed by atoms with Crippen LogP contribution in [0.1, 0.15) is 24.7 Å². The standard InChI is InChI=1S/C27H22BrN3O3/c1-3-14-30-24-13-8-17(28)15-21(24)22(26(30)32)16-25-29-23-7-5-4-6-20(23)27(33)31(25)18-9-11-19(34-2)12-10-18/h4-13,15-16H,3,14H2,1-2H3/b22-16-. The highest BCUT2D eigenvalue weighted by Gasteiger charge is 2.32. The Labute approximate surface area is 205 Å². The van der Waals surface area contributed by atoms with Crippen molar-refractivity contribution in [1.82, 2.24) is 9.55 Å². The Hall–Kier alpha value is -3.71. The number of carbonyl (C=O) groups excluding carboxylic acids is 1. The third kappa shape index (κ3) is 3.72. The fourth-order valence-electron chi connectivity index (χ4n) is 4.27. The Bertz CT molecular complexity index is 1510. The lowest BCUT2D eigenvalue weighted by atomic mass is 10.1. The second-order valence-electron chi connectivity index (χ2n) is 8.00. The van der Waals surface area contributed by atoms with Crippen LogP contribution in [-0.2, 0) is 4.79 Å². The van der Waals surface area contributed by atoms with Gasteiger partial charge in [0.15, 0.2) is 0 Å². The molecule has 7 heteroatoms. The van der Waals surface area contributed by atoms with Gasteiger partial charge >= 0.3 is 0 Å². The maximum absolute atomic E-state index is 13.6. The van der Waals surface area contributed by atoms with E-state index in [9.17, 15) is 9.59 Å². The minimum absolute atomic E-state index is 0.0985. The van der Waals surface area contributed by atoms with Crippen LogP contribution < -0.4 is 15.2 Å². The number of amides is 1. The van der Waals surface area contributed by atoms with E-state index in [0.29, 0.717) is 40.3 Å². The van der Waals surface area contributed by atoms with E-state index in [0.717, 1.165) is 22.1 Å². The molecule has 0 N–H and O–H groups in total. The summed E-state index contributed by atoms with van der Waals surface area (Å²) in [4.78, 5) is 33.6. The van der Waals surface area contributed by atoms with E-state index in [-0.39, 0.29) is 11.5 Å². The summed E-state index contributed by atoms with van der Waals surface area (Å²) in [6.07, 6.45) is 2.56. The van der Waals surface area contributed by atoms with Crippen LogP contribution in [0.4, 0.5) is 5.69 Å². The second kappa shape index (κ2) is 8.91. The molecule has 1 aliphatic rings. The van der Waals surface area contributed by atoms with Gasteiger partial charge in [-0.25, -0.2) is 4.98 Å². The third-order valence-corrected chi connectivity index (χ3v) is 6.36. The third-order valence-electron chi connectivity index (χ3n) is 5.87. The number of fused-ring (bicyclic) bond motifs is 2. The van der Waals surface area contributed by atoms with Crippen LogP contribution in [-0.4, -0.2) is 29.1 Å². The molecule has 5 rings (SSSR count). The van der Waals surface area contributed by atoms with Gasteiger partial charge in [0.1, 0.15) is 11.6 Å². The summed E-state index contributed by atoms with van der Waals surface area (Å²) >= 11 is 3.53. The molecule has 0 saturated heterocycles. The van der Waals surface area contributed by atoms with Gasteiger partial charge in [-0.15, -0.1) is 0 Å². The van der Waals surface area contributed by atoms with Gasteiger partial charge in [-0.3, -0.25) is 14.2 Å². The van der Waals surface area contributed by atoms with Gasteiger partial charge in [0.2, 0.25) is 0 Å². The predicted molar refractivity (Wildman–Crippen MR) is 139 cm³/mol. The molecule has 0 atom stereocenters. The molecule has 0 bridgehead atoms. The number of carbonyl (C=O) groups is 1. The SMILES string of the molecule is CCCN1C(=O)/C(=C\c2nc3ccccc3c(=O)n2-c2ccc(OC)cc2)c2cc(Br)ccc21. The van der Waals surface area contributed by atoms with Crippen molar-refractivity contribution in [2.24, 2.45) is 0 Å². The van der Waals surface area contributed by atoms with E-state index in [1.807, 2.05) is 55.5 Å². The van der Waals surface area contributed by atoms with Crippen LogP contribution >= 0.6 is 15.9 Å². The first-order valence-electron chi connectivity index (χ1n) is 11.0. The van der Waals surface area contributed by atoms with Gasteiger partial charge in [-0.05, 0) is 67.1 Å². The Balaban J connectivity index is 1.78. The summed E-state index contributed by atoms with van der Waals surface area (Å²) in [6.45, 7) is 2.65. The molecule has 4 aromatic rings. The van der Waals surface area contributed by atoms with Gasteiger partial charge in [0.05, 0.1) is 35.0 Å². The molecular weight excluding hydrogens is 494 g/mol. The molecule has 0 spiro atoms. The minimum Gasteiger partial charge on any atom is -0.497 e. The zero-order valence-electron chi connectivity index (χ0n) is 18.8. The molecule has 34 heavy (non-hydrogen) atoms. The number of methoxy groups -OCH3 is 1. The van der Waals surface area contributed by atoms with Crippen LogP contribution in [0.15, 0.2) is 76.0 Å². The number of rotatable bonds is 5. The average Bonchev–Trinajstić information content (AvgIpc) is 3.10. The van der Waals surface area contributed by atoms with Crippen LogP contribution in [0.5, 0.6) is 5.75 Å².